The summed E-state index contributed by atoms with van der Waals surface area (Å²) < 4.78 is 11.7. The van der Waals surface area contributed by atoms with Crippen LogP contribution in [0.3, 0.4) is 0 Å². The smallest absolute Gasteiger partial charge is 0 e. The van der Waals surface area contributed by atoms with Gasteiger partial charge in [0.25, 0.3) is 0 Å². The summed E-state index contributed by atoms with van der Waals surface area (Å²) in [6, 6.07) is 53.9. The van der Waals surface area contributed by atoms with E-state index in [0.717, 1.165) is 0 Å². The van der Waals surface area contributed by atoms with Crippen LogP contribution in [0.2, 0.25) is 39.3 Å². The molecule has 0 aliphatic carbocycles. The van der Waals surface area contributed by atoms with Crippen molar-refractivity contribution in [1.82, 2.24) is 0 Å². The van der Waals surface area contributed by atoms with Crippen molar-refractivity contribution in [2.45, 2.75) is 46.2 Å². The van der Waals surface area contributed by atoms with Gasteiger partial charge >= 0.3 is 0 Å². The first-order valence-corrected chi connectivity index (χ1v) is 25.6. The summed E-state index contributed by atoms with van der Waals surface area (Å²) in [5.41, 5.74) is 1.32. The summed E-state index contributed by atoms with van der Waals surface area (Å²) in [7, 11) is -8.73. The normalized spacial score (nSPS) is 11.1. The molecule has 5 rings (SSSR count). The SMILES string of the molecule is C[Si](C)(C)[N-]P(=C=P([N-][Si](C)(C)C)(c1ccccc1)c1ccccc1)(c1ccccc1)c1ccccc1.Cc1ccccc1.[Cl-].[Cl-].[O-2].[U]. The summed E-state index contributed by atoms with van der Waals surface area (Å²) in [6.45, 7) is 16.1. The molecular weight excluding hydrogens is 927 g/mol. The largest absolute Gasteiger partial charge is 2.00 e. The van der Waals surface area contributed by atoms with Gasteiger partial charge in [-0.1, -0.05) is 213 Å². The maximum atomic E-state index is 5.87. The van der Waals surface area contributed by atoms with Crippen LogP contribution in [0.5, 0.6) is 0 Å². The zero-order valence-electron chi connectivity index (χ0n) is 28.9. The van der Waals surface area contributed by atoms with Gasteiger partial charge in [-0.25, -0.2) is 0 Å². The van der Waals surface area contributed by atoms with E-state index in [0.29, 0.717) is 0 Å². The molecule has 0 bridgehead atoms. The summed E-state index contributed by atoms with van der Waals surface area (Å²) >= 11 is 0. The van der Waals surface area contributed by atoms with Gasteiger partial charge in [-0.15, -0.1) is 14.1 Å². The van der Waals surface area contributed by atoms with Crippen LogP contribution in [-0.4, -0.2) is 21.6 Å². The summed E-state index contributed by atoms with van der Waals surface area (Å²) in [5.74, 6) is 0. The fourth-order valence-electron chi connectivity index (χ4n) is 5.02. The Labute approximate surface area is 328 Å². The van der Waals surface area contributed by atoms with Crippen LogP contribution in [0.4, 0.5) is 0 Å². The molecule has 0 aromatic heterocycles. The van der Waals surface area contributed by atoms with Crippen LogP contribution in [-0.2, 0) is 5.48 Å². The molecular formula is C38H46Cl2N2OP2Si2U-6. The first-order valence-electron chi connectivity index (χ1n) is 15.2. The van der Waals surface area contributed by atoms with Crippen molar-refractivity contribution >= 4 is 56.9 Å². The van der Waals surface area contributed by atoms with Crippen LogP contribution in [0.1, 0.15) is 5.56 Å². The van der Waals surface area contributed by atoms with Crippen LogP contribution < -0.4 is 46.0 Å². The molecule has 256 valence electrons. The second-order valence-electron chi connectivity index (χ2n) is 12.9. The molecule has 0 aliphatic heterocycles. The van der Waals surface area contributed by atoms with Gasteiger partial charge < -0.3 is 39.8 Å². The number of halogens is 2. The molecule has 0 aliphatic rings. The van der Waals surface area contributed by atoms with Crippen LogP contribution in [0.25, 0.3) is 9.51 Å². The van der Waals surface area contributed by atoms with Gasteiger partial charge in [0.1, 0.15) is 0 Å². The van der Waals surface area contributed by atoms with Gasteiger partial charge in [-0.3, -0.25) is 0 Å². The third-order valence-corrected chi connectivity index (χ3v) is 20.3. The van der Waals surface area contributed by atoms with Crippen molar-refractivity contribution in [1.29, 1.82) is 0 Å². The summed E-state index contributed by atoms with van der Waals surface area (Å²) in [5, 5.41) is 9.44. The van der Waals surface area contributed by atoms with Gasteiger partial charge in [0.15, 0.2) is 0 Å². The molecule has 0 saturated carbocycles. The molecule has 5 aromatic rings. The number of benzene rings is 5. The Hall–Kier alpha value is -1.31. The maximum absolute atomic E-state index is 5.87. The first-order chi connectivity index (χ1) is 20.9. The van der Waals surface area contributed by atoms with E-state index in [2.05, 4.69) is 185 Å². The fourth-order valence-corrected chi connectivity index (χ4v) is 21.8. The Bertz CT molecular complexity index is 1540. The van der Waals surface area contributed by atoms with E-state index >= 15 is 0 Å². The van der Waals surface area contributed by atoms with E-state index in [1.165, 1.54) is 26.8 Å². The molecule has 0 radical (unpaired) electrons. The Morgan fingerprint density at radius 3 is 0.792 bits per heavy atom. The van der Waals surface area contributed by atoms with E-state index in [9.17, 15) is 0 Å². The van der Waals surface area contributed by atoms with Crippen LogP contribution in [0, 0.1) is 38.0 Å². The molecule has 48 heavy (non-hydrogen) atoms. The molecule has 10 heteroatoms. The van der Waals surface area contributed by atoms with E-state index in [1.807, 2.05) is 18.2 Å². The number of nitrogens with zero attached hydrogens (tertiary/aromatic N) is 2. The molecule has 3 nitrogen and oxygen atoms in total. The summed E-state index contributed by atoms with van der Waals surface area (Å²) in [4.78, 5) is 0. The topological polar surface area (TPSA) is 56.7 Å². The molecule has 0 spiro atoms. The second kappa shape index (κ2) is 21.1. The van der Waals surface area contributed by atoms with E-state index in [4.69, 9.17) is 9.51 Å². The quantitative estimate of drug-likeness (QED) is 0.167. The molecule has 5 aromatic carbocycles. The minimum Gasteiger partial charge on any atom is -2.00 e. The third kappa shape index (κ3) is 13.1. The minimum atomic E-state index is -2.45. The number of rotatable bonds is 8. The average molecular weight is 974 g/mol. The van der Waals surface area contributed by atoms with Crippen molar-refractivity contribution in [3.05, 3.63) is 167 Å². The Morgan fingerprint density at radius 1 is 0.417 bits per heavy atom. The number of hydrogen-bond acceptors (Lipinski definition) is 0. The van der Waals surface area contributed by atoms with Crippen molar-refractivity contribution in [3.63, 3.8) is 0 Å². The minimum absolute atomic E-state index is 0. The van der Waals surface area contributed by atoms with Gasteiger partial charge in [-0.05, 0) is 28.1 Å². The molecule has 0 fully saturated rings. The molecule has 0 heterocycles. The molecule has 0 unspecified atom stereocenters. The predicted octanol–water partition coefficient (Wildman–Crippen LogP) is 4.09. The molecule has 0 atom stereocenters. The molecule has 0 N–H and O–H groups in total. The van der Waals surface area contributed by atoms with Gasteiger partial charge in [-0.2, -0.15) is 5.17 Å². The van der Waals surface area contributed by atoms with Crippen molar-refractivity contribution < 1.29 is 61.4 Å². The Balaban J connectivity index is 0.00000179. The Morgan fingerprint density at radius 2 is 0.625 bits per heavy atom. The van der Waals surface area contributed by atoms with Crippen molar-refractivity contribution in [2.75, 3.05) is 0 Å². The van der Waals surface area contributed by atoms with Crippen molar-refractivity contribution in [3.8, 4) is 0 Å². The van der Waals surface area contributed by atoms with E-state index in [-0.39, 0.29) is 61.4 Å². The monoisotopic (exact) mass is 972 g/mol. The molecule has 0 saturated heterocycles. The van der Waals surface area contributed by atoms with E-state index in [1.54, 1.807) is 0 Å². The fraction of sp³-hybridized carbons (Fsp3) is 0.184. The standard InChI is InChI=1S/C31H38N2P2Si2.C7H8.2ClH.O.U/c1-36(2,3)32-34(28-19-11-7-12-20-28,29-21-13-8-14-22-29)27-35(33-37(4,5)6,30-23-15-9-16-24-30)31-25-17-10-18-26-31;1-7-5-3-2-4-6-7;;;;/h7-26H,1-6H3;2-6H,1H3;2*1H;;/q-2;;;;-2;/p-2. The zero-order valence-corrected chi connectivity index (χ0v) is 38.4. The van der Waals surface area contributed by atoms with Crippen molar-refractivity contribution in [2.24, 2.45) is 0 Å². The van der Waals surface area contributed by atoms with Gasteiger partial charge in [0.05, 0.1) is 0 Å². The zero-order chi connectivity index (χ0) is 31.7. The van der Waals surface area contributed by atoms with Gasteiger partial charge in [0.2, 0.25) is 0 Å². The van der Waals surface area contributed by atoms with E-state index < -0.39 is 30.5 Å². The first kappa shape index (κ1) is 46.7. The Kier molecular flexibility index (Phi) is 20.6. The second-order valence-corrected chi connectivity index (χ2v) is 28.6. The average Bonchev–Trinajstić information content (AvgIpc) is 3.01. The third-order valence-electron chi connectivity index (χ3n) is 6.65. The predicted molar refractivity (Wildman–Crippen MR) is 208 cm³/mol. The molecule has 0 amide bonds. The summed E-state index contributed by atoms with van der Waals surface area (Å²) in [6.07, 6.45) is 0. The number of aryl methyl sites for hydroxylation is 1. The van der Waals surface area contributed by atoms with Crippen LogP contribution in [0.15, 0.2) is 152 Å². The maximum Gasteiger partial charge on any atom is 0 e. The van der Waals surface area contributed by atoms with Crippen LogP contribution >= 0.6 is 14.1 Å². The number of hydrogen-bond donors (Lipinski definition) is 0. The van der Waals surface area contributed by atoms with Gasteiger partial charge in [0, 0.05) is 31.1 Å².